The molecule has 3 N–H and O–H groups in total. The summed E-state index contributed by atoms with van der Waals surface area (Å²) in [6, 6.07) is 12.4. The molecule has 3 aromatic rings. The van der Waals surface area contributed by atoms with E-state index in [1.54, 1.807) is 18.2 Å². The van der Waals surface area contributed by atoms with Crippen molar-refractivity contribution in [2.75, 3.05) is 20.8 Å². The highest BCUT2D eigenvalue weighted by molar-refractivity contribution is 5.95. The number of aryl methyl sites for hydroxylation is 1. The van der Waals surface area contributed by atoms with E-state index in [-0.39, 0.29) is 24.2 Å². The summed E-state index contributed by atoms with van der Waals surface area (Å²) in [7, 11) is 3.03. The summed E-state index contributed by atoms with van der Waals surface area (Å²) in [6.45, 7) is 2.03. The number of fused-ring (bicyclic) bond motifs is 5. The number of methoxy groups -OCH3 is 2. The van der Waals surface area contributed by atoms with Crippen LogP contribution in [0.15, 0.2) is 54.6 Å². The molecule has 8 heteroatoms. The predicted octanol–water partition coefficient (Wildman–Crippen LogP) is 3.48. The number of benzene rings is 2. The zero-order valence-electron chi connectivity index (χ0n) is 18.5. The summed E-state index contributed by atoms with van der Waals surface area (Å²) >= 11 is 0. The average molecular weight is 448 g/mol. The number of ether oxygens (including phenoxy) is 3. The Morgan fingerprint density at radius 3 is 2.39 bits per heavy atom. The van der Waals surface area contributed by atoms with Crippen molar-refractivity contribution in [1.29, 1.82) is 0 Å². The van der Waals surface area contributed by atoms with Crippen LogP contribution in [0.25, 0.3) is 5.69 Å². The maximum atomic E-state index is 12.9. The molecule has 1 amide bonds. The Balaban J connectivity index is 1.46. The second kappa shape index (κ2) is 7.60. The van der Waals surface area contributed by atoms with Gasteiger partial charge in [0.05, 0.1) is 37.6 Å². The molecule has 2 atom stereocenters. The normalized spacial score (nSPS) is 20.0. The lowest BCUT2D eigenvalue weighted by Gasteiger charge is -2.24. The van der Waals surface area contributed by atoms with Gasteiger partial charge >= 0.3 is 0 Å². The Bertz CT molecular complexity index is 1250. The van der Waals surface area contributed by atoms with Crippen LogP contribution in [-0.2, 0) is 10.3 Å². The van der Waals surface area contributed by atoms with Gasteiger partial charge < -0.3 is 29.7 Å². The molecule has 0 fully saturated rings. The van der Waals surface area contributed by atoms with Crippen molar-refractivity contribution in [3.05, 3.63) is 76.9 Å². The fourth-order valence-corrected chi connectivity index (χ4v) is 4.48. The SMILES string of the molecule is COc1cc(OC)cc(C(=O)NCC23C=CC(O2)c2c3c(O)n(-c3ccc(C)cc3)c2O)c1. The van der Waals surface area contributed by atoms with Crippen LogP contribution >= 0.6 is 0 Å². The Morgan fingerprint density at radius 2 is 1.76 bits per heavy atom. The highest BCUT2D eigenvalue weighted by atomic mass is 16.5. The molecule has 3 heterocycles. The number of aromatic hydroxyl groups is 2. The third-order valence-electron chi connectivity index (χ3n) is 6.16. The molecule has 1 aromatic heterocycles. The van der Waals surface area contributed by atoms with Crippen molar-refractivity contribution in [2.24, 2.45) is 0 Å². The molecule has 2 unspecified atom stereocenters. The molecular weight excluding hydrogens is 424 g/mol. The number of hydrogen-bond acceptors (Lipinski definition) is 6. The minimum atomic E-state index is -1.09. The Labute approximate surface area is 190 Å². The number of hydrogen-bond donors (Lipinski definition) is 3. The van der Waals surface area contributed by atoms with Gasteiger partial charge in [-0.1, -0.05) is 23.8 Å². The fraction of sp³-hybridized carbons (Fsp3) is 0.240. The maximum absolute atomic E-state index is 12.9. The first kappa shape index (κ1) is 21.0. The van der Waals surface area contributed by atoms with Crippen LogP contribution in [0.5, 0.6) is 23.3 Å². The molecule has 170 valence electrons. The summed E-state index contributed by atoms with van der Waals surface area (Å²) in [5.74, 6) is 0.449. The highest BCUT2D eigenvalue weighted by Crippen LogP contribution is 2.58. The van der Waals surface area contributed by atoms with Crippen molar-refractivity contribution < 1.29 is 29.2 Å². The molecule has 8 nitrogen and oxygen atoms in total. The zero-order valence-corrected chi connectivity index (χ0v) is 18.5. The Hall–Kier alpha value is -3.91. The standard InChI is InChI=1S/C25H24N2O6/c1-14-4-6-16(7-5-14)27-23(29)20-19-8-9-25(33-19,21(20)24(27)30)13-26-22(28)15-10-17(31-2)12-18(11-15)32-3/h4-12,19,29-30H,13H2,1-3H3,(H,26,28). The van der Waals surface area contributed by atoms with Gasteiger partial charge in [0, 0.05) is 11.6 Å². The van der Waals surface area contributed by atoms with Crippen LogP contribution in [-0.4, -0.2) is 41.5 Å². The van der Waals surface area contributed by atoms with Crippen molar-refractivity contribution in [1.82, 2.24) is 9.88 Å². The van der Waals surface area contributed by atoms with E-state index in [4.69, 9.17) is 14.2 Å². The van der Waals surface area contributed by atoms with Crippen molar-refractivity contribution in [2.45, 2.75) is 18.6 Å². The fourth-order valence-electron chi connectivity index (χ4n) is 4.48. The second-order valence-corrected chi connectivity index (χ2v) is 8.18. The number of carbonyl (C=O) groups is 1. The van der Waals surface area contributed by atoms with Gasteiger partial charge in [-0.05, 0) is 37.3 Å². The van der Waals surface area contributed by atoms with Gasteiger partial charge in [-0.3, -0.25) is 9.36 Å². The topological polar surface area (TPSA) is 102 Å². The van der Waals surface area contributed by atoms with Gasteiger partial charge in [0.15, 0.2) is 0 Å². The minimum Gasteiger partial charge on any atom is -0.497 e. The Morgan fingerprint density at radius 1 is 1.09 bits per heavy atom. The van der Waals surface area contributed by atoms with Crippen LogP contribution in [0, 0.1) is 6.92 Å². The zero-order chi connectivity index (χ0) is 23.3. The third-order valence-corrected chi connectivity index (χ3v) is 6.16. The van der Waals surface area contributed by atoms with Gasteiger partial charge in [-0.15, -0.1) is 0 Å². The molecule has 0 saturated heterocycles. The van der Waals surface area contributed by atoms with Crippen molar-refractivity contribution in [3.63, 3.8) is 0 Å². The molecule has 0 spiro atoms. The van der Waals surface area contributed by atoms with Crippen LogP contribution in [0.1, 0.15) is 33.2 Å². The molecule has 0 radical (unpaired) electrons. The van der Waals surface area contributed by atoms with Gasteiger partial charge in [-0.2, -0.15) is 0 Å². The van der Waals surface area contributed by atoms with Crippen LogP contribution < -0.4 is 14.8 Å². The van der Waals surface area contributed by atoms with E-state index in [1.165, 1.54) is 18.8 Å². The molecule has 2 aliphatic heterocycles. The van der Waals surface area contributed by atoms with Crippen LogP contribution in [0.4, 0.5) is 0 Å². The first-order valence-corrected chi connectivity index (χ1v) is 10.5. The number of amides is 1. The number of carbonyl (C=O) groups excluding carboxylic acids is 1. The second-order valence-electron chi connectivity index (χ2n) is 8.18. The predicted molar refractivity (Wildman–Crippen MR) is 120 cm³/mol. The molecule has 2 aliphatic rings. The van der Waals surface area contributed by atoms with Crippen molar-refractivity contribution >= 4 is 5.91 Å². The number of aromatic nitrogens is 1. The highest BCUT2D eigenvalue weighted by Gasteiger charge is 2.53. The lowest BCUT2D eigenvalue weighted by Crippen LogP contribution is -2.38. The quantitative estimate of drug-likeness (QED) is 0.499. The lowest BCUT2D eigenvalue weighted by molar-refractivity contribution is -0.00395. The molecular formula is C25H24N2O6. The minimum absolute atomic E-state index is 0.0657. The monoisotopic (exact) mass is 448 g/mol. The summed E-state index contributed by atoms with van der Waals surface area (Å²) in [4.78, 5) is 12.9. The van der Waals surface area contributed by atoms with E-state index >= 15 is 0 Å². The smallest absolute Gasteiger partial charge is 0.251 e. The van der Waals surface area contributed by atoms with E-state index in [0.717, 1.165) is 5.56 Å². The Kier molecular flexibility index (Phi) is 4.83. The first-order valence-electron chi connectivity index (χ1n) is 10.5. The van der Waals surface area contributed by atoms with E-state index in [2.05, 4.69) is 5.32 Å². The van der Waals surface area contributed by atoms with Crippen molar-refractivity contribution in [3.8, 4) is 28.9 Å². The number of rotatable bonds is 6. The van der Waals surface area contributed by atoms with Crippen LogP contribution in [0.3, 0.4) is 0 Å². The van der Waals surface area contributed by atoms with Gasteiger partial charge in [0.2, 0.25) is 11.8 Å². The van der Waals surface area contributed by atoms with E-state index < -0.39 is 11.7 Å². The van der Waals surface area contributed by atoms with Gasteiger partial charge in [-0.25, -0.2) is 0 Å². The van der Waals surface area contributed by atoms with E-state index in [9.17, 15) is 15.0 Å². The summed E-state index contributed by atoms with van der Waals surface area (Å²) < 4.78 is 18.0. The van der Waals surface area contributed by atoms with E-state index in [1.807, 2.05) is 43.3 Å². The van der Waals surface area contributed by atoms with Crippen LogP contribution in [0.2, 0.25) is 0 Å². The van der Waals surface area contributed by atoms with Gasteiger partial charge in [0.1, 0.15) is 23.2 Å². The molecule has 33 heavy (non-hydrogen) atoms. The largest absolute Gasteiger partial charge is 0.497 e. The molecule has 2 aromatic carbocycles. The molecule has 2 bridgehead atoms. The number of nitrogens with zero attached hydrogens (tertiary/aromatic N) is 1. The molecule has 0 saturated carbocycles. The average Bonchev–Trinajstić information content (AvgIpc) is 3.48. The number of nitrogens with one attached hydrogen (secondary N) is 1. The molecule has 5 rings (SSSR count). The first-order chi connectivity index (χ1) is 15.9. The van der Waals surface area contributed by atoms with E-state index in [0.29, 0.717) is 33.9 Å². The van der Waals surface area contributed by atoms with Gasteiger partial charge in [0.25, 0.3) is 5.91 Å². The third kappa shape index (κ3) is 3.22. The summed E-state index contributed by atoms with van der Waals surface area (Å²) in [5.41, 5.74) is 1.94. The lowest BCUT2D eigenvalue weighted by atomic mass is 9.89. The molecule has 0 aliphatic carbocycles. The summed E-state index contributed by atoms with van der Waals surface area (Å²) in [6.07, 6.45) is 3.12. The summed E-state index contributed by atoms with van der Waals surface area (Å²) in [5, 5.41) is 24.9. The maximum Gasteiger partial charge on any atom is 0.251 e.